The van der Waals surface area contributed by atoms with Crippen LogP contribution in [0.25, 0.3) is 10.6 Å². The first-order valence-electron chi connectivity index (χ1n) is 9.08. The molecule has 0 aliphatic rings. The number of nitrogens with one attached hydrogen (secondary N) is 1. The van der Waals surface area contributed by atoms with Gasteiger partial charge in [0.2, 0.25) is 5.91 Å². The zero-order valence-corrected chi connectivity index (χ0v) is 17.3. The Hall–Kier alpha value is -2.71. The normalized spacial score (nSPS) is 12.9. The maximum Gasteiger partial charge on any atom is 0.326 e. The molecule has 2 aromatic heterocycles. The maximum atomic E-state index is 12.6. The van der Waals surface area contributed by atoms with Crippen LogP contribution in [-0.4, -0.2) is 38.7 Å². The number of nitrogens with zero attached hydrogens (tertiary/aromatic N) is 2. The average Bonchev–Trinajstić information content (AvgIpc) is 3.27. The summed E-state index contributed by atoms with van der Waals surface area (Å²) in [6.07, 6.45) is 5.76. The van der Waals surface area contributed by atoms with Crippen molar-refractivity contribution in [1.82, 2.24) is 15.3 Å². The van der Waals surface area contributed by atoms with Crippen molar-refractivity contribution >= 4 is 35.8 Å². The highest BCUT2D eigenvalue weighted by Crippen LogP contribution is 2.22. The molecule has 29 heavy (non-hydrogen) atoms. The first-order chi connectivity index (χ1) is 14.1. The van der Waals surface area contributed by atoms with Crippen LogP contribution in [0.5, 0.6) is 0 Å². The predicted molar refractivity (Wildman–Crippen MR) is 116 cm³/mol. The molecule has 3 aromatic rings. The molecule has 6 nitrogen and oxygen atoms in total. The summed E-state index contributed by atoms with van der Waals surface area (Å²) >= 11 is 5.81. The van der Waals surface area contributed by atoms with Crippen LogP contribution in [0.4, 0.5) is 0 Å². The van der Waals surface area contributed by atoms with Crippen LogP contribution in [-0.2, 0) is 22.4 Å². The molecule has 8 heteroatoms. The van der Waals surface area contributed by atoms with Gasteiger partial charge in [-0.05, 0) is 23.6 Å². The van der Waals surface area contributed by atoms with Gasteiger partial charge in [0.15, 0.2) is 0 Å². The number of aromatic nitrogens is 2. The summed E-state index contributed by atoms with van der Waals surface area (Å²) in [4.78, 5) is 32.7. The lowest BCUT2D eigenvalue weighted by Crippen LogP contribution is -2.45. The SMILES string of the molecule is O=C(NC(Cc1ccc(-c2nccs2)cc1)C(=O)O)C(CS)Cc1cccnc1. The van der Waals surface area contributed by atoms with E-state index in [4.69, 9.17) is 0 Å². The topological polar surface area (TPSA) is 92.2 Å². The Labute approximate surface area is 178 Å². The van der Waals surface area contributed by atoms with Crippen molar-refractivity contribution in [3.63, 3.8) is 0 Å². The molecule has 150 valence electrons. The largest absolute Gasteiger partial charge is 0.480 e. The molecular weight excluding hydrogens is 406 g/mol. The van der Waals surface area contributed by atoms with Crippen molar-refractivity contribution in [2.24, 2.45) is 5.92 Å². The number of carboxylic acid groups (broad SMARTS) is 1. The number of benzene rings is 1. The number of pyridine rings is 1. The fourth-order valence-electron chi connectivity index (χ4n) is 2.92. The highest BCUT2D eigenvalue weighted by Gasteiger charge is 2.25. The summed E-state index contributed by atoms with van der Waals surface area (Å²) in [5, 5.41) is 15.1. The van der Waals surface area contributed by atoms with Crippen LogP contribution in [0.15, 0.2) is 60.4 Å². The zero-order chi connectivity index (χ0) is 20.6. The lowest BCUT2D eigenvalue weighted by Gasteiger charge is -2.19. The van der Waals surface area contributed by atoms with Gasteiger partial charge in [-0.25, -0.2) is 9.78 Å². The molecule has 0 aliphatic heterocycles. The Morgan fingerprint density at radius 2 is 1.90 bits per heavy atom. The lowest BCUT2D eigenvalue weighted by molar-refractivity contribution is -0.142. The van der Waals surface area contributed by atoms with Crippen molar-refractivity contribution < 1.29 is 14.7 Å². The molecule has 0 spiro atoms. The average molecular weight is 428 g/mol. The van der Waals surface area contributed by atoms with Crippen LogP contribution in [0, 0.1) is 5.92 Å². The minimum Gasteiger partial charge on any atom is -0.480 e. The van der Waals surface area contributed by atoms with Gasteiger partial charge in [-0.2, -0.15) is 12.6 Å². The summed E-state index contributed by atoms with van der Waals surface area (Å²) in [7, 11) is 0. The second kappa shape index (κ2) is 10.2. The van der Waals surface area contributed by atoms with Gasteiger partial charge in [0.25, 0.3) is 0 Å². The number of amides is 1. The van der Waals surface area contributed by atoms with Gasteiger partial charge in [0.05, 0.1) is 5.92 Å². The number of hydrogen-bond acceptors (Lipinski definition) is 6. The van der Waals surface area contributed by atoms with E-state index in [0.29, 0.717) is 12.2 Å². The number of aliphatic carboxylic acids is 1. The van der Waals surface area contributed by atoms with Crippen molar-refractivity contribution in [3.8, 4) is 10.6 Å². The van der Waals surface area contributed by atoms with E-state index >= 15 is 0 Å². The third-order valence-corrected chi connectivity index (χ3v) is 5.75. The monoisotopic (exact) mass is 427 g/mol. The Balaban J connectivity index is 1.64. The third kappa shape index (κ3) is 5.88. The van der Waals surface area contributed by atoms with Crippen LogP contribution < -0.4 is 5.32 Å². The van der Waals surface area contributed by atoms with E-state index < -0.39 is 17.9 Å². The highest BCUT2D eigenvalue weighted by atomic mass is 32.1. The van der Waals surface area contributed by atoms with E-state index in [2.05, 4.69) is 27.9 Å². The predicted octanol–water partition coefficient (Wildman–Crippen LogP) is 3.11. The number of carboxylic acids is 1. The fraction of sp³-hybridized carbons (Fsp3) is 0.238. The summed E-state index contributed by atoms with van der Waals surface area (Å²) < 4.78 is 0. The Bertz CT molecular complexity index is 932. The van der Waals surface area contributed by atoms with Gasteiger partial charge in [-0.15, -0.1) is 11.3 Å². The number of thiol groups is 1. The standard InChI is InChI=1S/C21H21N3O3S2/c25-19(17(13-28)10-15-2-1-7-22-12-15)24-18(21(26)27)11-14-3-5-16(6-4-14)20-23-8-9-29-20/h1-9,12,17-18,28H,10-11,13H2,(H,24,25)(H,26,27). The minimum absolute atomic E-state index is 0.200. The molecule has 0 radical (unpaired) electrons. The summed E-state index contributed by atoms with van der Waals surface area (Å²) in [5.74, 6) is -1.51. The van der Waals surface area contributed by atoms with Crippen molar-refractivity contribution in [2.75, 3.05) is 5.75 Å². The first-order valence-corrected chi connectivity index (χ1v) is 10.6. The van der Waals surface area contributed by atoms with Gasteiger partial charge >= 0.3 is 5.97 Å². The summed E-state index contributed by atoms with van der Waals surface area (Å²) in [6.45, 7) is 0. The summed E-state index contributed by atoms with van der Waals surface area (Å²) in [6, 6.07) is 10.2. The molecule has 2 N–H and O–H groups in total. The Kier molecular flexibility index (Phi) is 7.37. The molecule has 0 fully saturated rings. The Morgan fingerprint density at radius 1 is 1.10 bits per heavy atom. The number of hydrogen-bond donors (Lipinski definition) is 3. The van der Waals surface area contributed by atoms with E-state index in [1.54, 1.807) is 36.0 Å². The van der Waals surface area contributed by atoms with Crippen LogP contribution in [0.3, 0.4) is 0 Å². The minimum atomic E-state index is -1.07. The maximum absolute atomic E-state index is 12.6. The van der Waals surface area contributed by atoms with Crippen molar-refractivity contribution in [2.45, 2.75) is 18.9 Å². The second-order valence-electron chi connectivity index (χ2n) is 6.58. The fourth-order valence-corrected chi connectivity index (χ4v) is 3.86. The molecule has 2 heterocycles. The Morgan fingerprint density at radius 3 is 2.48 bits per heavy atom. The van der Waals surface area contributed by atoms with Crippen LogP contribution >= 0.6 is 24.0 Å². The molecule has 1 aromatic carbocycles. The van der Waals surface area contributed by atoms with Gasteiger partial charge in [-0.3, -0.25) is 9.78 Å². The van der Waals surface area contributed by atoms with Gasteiger partial charge in [0, 0.05) is 41.7 Å². The molecule has 3 rings (SSSR count). The van der Waals surface area contributed by atoms with E-state index in [9.17, 15) is 14.7 Å². The molecule has 0 bridgehead atoms. The third-order valence-electron chi connectivity index (χ3n) is 4.48. The van der Waals surface area contributed by atoms with E-state index in [1.165, 1.54) is 0 Å². The molecule has 2 unspecified atom stereocenters. The van der Waals surface area contributed by atoms with Crippen molar-refractivity contribution in [3.05, 3.63) is 71.5 Å². The van der Waals surface area contributed by atoms with Gasteiger partial charge < -0.3 is 10.4 Å². The van der Waals surface area contributed by atoms with Crippen molar-refractivity contribution in [1.29, 1.82) is 0 Å². The molecule has 0 aliphatic carbocycles. The van der Waals surface area contributed by atoms with E-state index in [-0.39, 0.29) is 12.3 Å². The molecule has 2 atom stereocenters. The molecule has 0 saturated heterocycles. The van der Waals surface area contributed by atoms with Gasteiger partial charge in [-0.1, -0.05) is 30.3 Å². The molecular formula is C21H21N3O3S2. The number of thiazole rings is 1. The van der Waals surface area contributed by atoms with E-state index in [0.717, 1.165) is 21.7 Å². The molecule has 1 amide bonds. The van der Waals surface area contributed by atoms with E-state index in [1.807, 2.05) is 35.7 Å². The second-order valence-corrected chi connectivity index (χ2v) is 7.84. The number of carbonyl (C=O) groups excluding carboxylic acids is 1. The number of carbonyl (C=O) groups is 2. The smallest absolute Gasteiger partial charge is 0.326 e. The lowest BCUT2D eigenvalue weighted by atomic mass is 9.99. The van der Waals surface area contributed by atoms with Crippen LogP contribution in [0.2, 0.25) is 0 Å². The number of rotatable bonds is 9. The van der Waals surface area contributed by atoms with Gasteiger partial charge in [0.1, 0.15) is 11.0 Å². The van der Waals surface area contributed by atoms with Crippen LogP contribution in [0.1, 0.15) is 11.1 Å². The first kappa shape index (κ1) is 21.0. The zero-order valence-electron chi connectivity index (χ0n) is 15.6. The molecule has 0 saturated carbocycles. The quantitative estimate of drug-likeness (QED) is 0.457. The highest BCUT2D eigenvalue weighted by molar-refractivity contribution is 7.80. The summed E-state index contributed by atoms with van der Waals surface area (Å²) in [5.41, 5.74) is 2.71.